The Morgan fingerprint density at radius 1 is 1.09 bits per heavy atom. The van der Waals surface area contributed by atoms with Gasteiger partial charge in [0, 0.05) is 34.1 Å². The first kappa shape index (κ1) is 24.2. The highest BCUT2D eigenvalue weighted by molar-refractivity contribution is 6.30. The first-order valence-electron chi connectivity index (χ1n) is 10.4. The second-order valence-electron chi connectivity index (χ2n) is 9.06. The van der Waals surface area contributed by atoms with Crippen LogP contribution in [0.1, 0.15) is 56.0 Å². The zero-order valence-electron chi connectivity index (χ0n) is 18.7. The molecule has 2 unspecified atom stereocenters. The molecule has 2 aromatic carbocycles. The van der Waals surface area contributed by atoms with Gasteiger partial charge in [-0.25, -0.2) is 0 Å². The number of carboxylic acid groups (broad SMARTS) is 1. The molecule has 3 rings (SSSR count). The fourth-order valence-corrected chi connectivity index (χ4v) is 4.39. The van der Waals surface area contributed by atoms with Crippen molar-refractivity contribution in [3.05, 3.63) is 69.9 Å². The van der Waals surface area contributed by atoms with E-state index in [0.29, 0.717) is 22.5 Å². The molecule has 0 aliphatic carbocycles. The molecule has 7 heteroatoms. The molecule has 2 atom stereocenters. The number of fused-ring (bicyclic) bond motifs is 1. The second-order valence-corrected chi connectivity index (χ2v) is 9.49. The predicted octanol–water partition coefficient (Wildman–Crippen LogP) is 7.52. The van der Waals surface area contributed by atoms with E-state index in [1.807, 2.05) is 44.4 Å². The van der Waals surface area contributed by atoms with Gasteiger partial charge in [-0.3, -0.25) is 4.79 Å². The van der Waals surface area contributed by atoms with Crippen molar-refractivity contribution in [3.63, 3.8) is 0 Å². The molecular formula is C25H27ClF3NO2. The third-order valence-corrected chi connectivity index (χ3v) is 7.21. The molecule has 0 fully saturated rings. The summed E-state index contributed by atoms with van der Waals surface area (Å²) < 4.78 is 42.2. The number of aliphatic carboxylic acids is 1. The molecule has 0 amide bonds. The number of carboxylic acids is 1. The summed E-state index contributed by atoms with van der Waals surface area (Å²) in [4.78, 5) is 11.8. The third-order valence-electron chi connectivity index (χ3n) is 6.96. The maximum atomic E-state index is 13.4. The molecule has 0 saturated heterocycles. The smallest absolute Gasteiger partial charge is 0.416 e. The summed E-state index contributed by atoms with van der Waals surface area (Å²) in [6.45, 7) is 9.65. The zero-order valence-corrected chi connectivity index (χ0v) is 19.5. The molecular weight excluding hydrogens is 439 g/mol. The van der Waals surface area contributed by atoms with Gasteiger partial charge in [0.05, 0.1) is 11.5 Å². The van der Waals surface area contributed by atoms with Crippen LogP contribution in [0.2, 0.25) is 5.02 Å². The number of aromatic nitrogens is 1. The molecule has 3 aromatic rings. The normalized spacial score (nSPS) is 14.5. The van der Waals surface area contributed by atoms with Crippen LogP contribution in [0.4, 0.5) is 13.2 Å². The molecule has 1 heterocycles. The van der Waals surface area contributed by atoms with Gasteiger partial charge in [-0.1, -0.05) is 51.4 Å². The Morgan fingerprint density at radius 2 is 1.69 bits per heavy atom. The van der Waals surface area contributed by atoms with Crippen LogP contribution in [0.3, 0.4) is 0 Å². The van der Waals surface area contributed by atoms with Crippen molar-refractivity contribution in [1.29, 1.82) is 0 Å². The van der Waals surface area contributed by atoms with E-state index >= 15 is 0 Å². The van der Waals surface area contributed by atoms with Gasteiger partial charge in [-0.15, -0.1) is 0 Å². The van der Waals surface area contributed by atoms with Gasteiger partial charge in [0.25, 0.3) is 0 Å². The monoisotopic (exact) mass is 465 g/mol. The van der Waals surface area contributed by atoms with E-state index in [4.69, 9.17) is 11.6 Å². The SMILES string of the molecule is Cc1c(C(C)C(C)(C)C(C)C(=O)O)n(Cc2ccc(Cl)cc2)c2ccc(C(F)(F)F)cc12. The number of nitrogens with zero attached hydrogens (tertiary/aromatic N) is 1. The van der Waals surface area contributed by atoms with Crippen molar-refractivity contribution in [3.8, 4) is 0 Å². The summed E-state index contributed by atoms with van der Waals surface area (Å²) in [5.41, 5.74) is 1.87. The maximum Gasteiger partial charge on any atom is 0.416 e. The standard InChI is InChI=1S/C25H27ClF3NO2/c1-14-20-12-18(25(27,28)29)8-11-21(20)30(13-17-6-9-19(26)10-7-17)22(14)15(2)24(4,5)16(3)23(31)32/h6-12,15-16H,13H2,1-5H3,(H,31,32). The highest BCUT2D eigenvalue weighted by atomic mass is 35.5. The summed E-state index contributed by atoms with van der Waals surface area (Å²) in [5, 5.41) is 10.8. The van der Waals surface area contributed by atoms with E-state index in [0.717, 1.165) is 22.9 Å². The number of hydrogen-bond donors (Lipinski definition) is 1. The van der Waals surface area contributed by atoms with E-state index in [1.54, 1.807) is 19.1 Å². The zero-order chi connectivity index (χ0) is 24.0. The molecule has 32 heavy (non-hydrogen) atoms. The van der Waals surface area contributed by atoms with Crippen LogP contribution in [-0.2, 0) is 17.5 Å². The first-order valence-corrected chi connectivity index (χ1v) is 10.8. The molecule has 0 radical (unpaired) electrons. The van der Waals surface area contributed by atoms with Gasteiger partial charge in [-0.05, 0) is 53.8 Å². The van der Waals surface area contributed by atoms with E-state index in [1.165, 1.54) is 12.1 Å². The Balaban J connectivity index is 2.25. The summed E-state index contributed by atoms with van der Waals surface area (Å²) in [6.07, 6.45) is -4.44. The fourth-order valence-electron chi connectivity index (χ4n) is 4.27. The van der Waals surface area contributed by atoms with Crippen LogP contribution < -0.4 is 0 Å². The number of rotatable bonds is 6. The predicted molar refractivity (Wildman–Crippen MR) is 121 cm³/mol. The van der Waals surface area contributed by atoms with Crippen LogP contribution in [0.5, 0.6) is 0 Å². The van der Waals surface area contributed by atoms with Crippen molar-refractivity contribution in [2.75, 3.05) is 0 Å². The van der Waals surface area contributed by atoms with E-state index in [-0.39, 0.29) is 5.92 Å². The van der Waals surface area contributed by atoms with Crippen LogP contribution in [0.15, 0.2) is 42.5 Å². The molecule has 1 N–H and O–H groups in total. The fraction of sp³-hybridized carbons (Fsp3) is 0.400. The van der Waals surface area contributed by atoms with Crippen molar-refractivity contribution >= 4 is 28.5 Å². The number of hydrogen-bond acceptors (Lipinski definition) is 1. The van der Waals surface area contributed by atoms with E-state index in [9.17, 15) is 23.1 Å². The summed E-state index contributed by atoms with van der Waals surface area (Å²) >= 11 is 6.01. The van der Waals surface area contributed by atoms with Gasteiger partial charge in [0.15, 0.2) is 0 Å². The van der Waals surface area contributed by atoms with E-state index in [2.05, 4.69) is 0 Å². The van der Waals surface area contributed by atoms with Crippen molar-refractivity contribution in [1.82, 2.24) is 4.57 Å². The molecule has 1 aromatic heterocycles. The lowest BCUT2D eigenvalue weighted by Crippen LogP contribution is -2.34. The molecule has 0 saturated carbocycles. The molecule has 0 spiro atoms. The number of alkyl halides is 3. The highest BCUT2D eigenvalue weighted by Gasteiger charge is 2.40. The lowest BCUT2D eigenvalue weighted by molar-refractivity contribution is -0.145. The largest absolute Gasteiger partial charge is 0.481 e. The number of aryl methyl sites for hydroxylation is 1. The third kappa shape index (κ3) is 4.38. The van der Waals surface area contributed by atoms with Gasteiger partial charge in [0.1, 0.15) is 0 Å². The molecule has 172 valence electrons. The Hall–Kier alpha value is -2.47. The summed E-state index contributed by atoms with van der Waals surface area (Å²) in [7, 11) is 0. The van der Waals surface area contributed by atoms with Gasteiger partial charge in [-0.2, -0.15) is 13.2 Å². The van der Waals surface area contributed by atoms with Gasteiger partial charge < -0.3 is 9.67 Å². The quantitative estimate of drug-likeness (QED) is 0.409. The van der Waals surface area contributed by atoms with Crippen LogP contribution >= 0.6 is 11.6 Å². The van der Waals surface area contributed by atoms with Crippen molar-refractivity contribution in [2.24, 2.45) is 11.3 Å². The minimum absolute atomic E-state index is 0.234. The number of carbonyl (C=O) groups is 1. The molecule has 0 aliphatic rings. The van der Waals surface area contributed by atoms with Gasteiger partial charge >= 0.3 is 12.1 Å². The Kier molecular flexibility index (Phi) is 6.40. The van der Waals surface area contributed by atoms with Crippen LogP contribution in [0, 0.1) is 18.3 Å². The Bertz CT molecular complexity index is 1150. The topological polar surface area (TPSA) is 42.2 Å². The second kappa shape index (κ2) is 8.47. The average molecular weight is 466 g/mol. The minimum atomic E-state index is -4.44. The number of benzene rings is 2. The summed E-state index contributed by atoms with van der Waals surface area (Å²) in [5.74, 6) is -1.79. The average Bonchev–Trinajstić information content (AvgIpc) is 2.98. The lowest BCUT2D eigenvalue weighted by Gasteiger charge is -2.36. The van der Waals surface area contributed by atoms with Crippen LogP contribution in [0.25, 0.3) is 10.9 Å². The molecule has 0 aliphatic heterocycles. The van der Waals surface area contributed by atoms with Gasteiger partial charge in [0.2, 0.25) is 0 Å². The van der Waals surface area contributed by atoms with E-state index < -0.39 is 29.0 Å². The maximum absolute atomic E-state index is 13.4. The van der Waals surface area contributed by atoms with Crippen LogP contribution in [-0.4, -0.2) is 15.6 Å². The number of halogens is 4. The highest BCUT2D eigenvalue weighted by Crippen LogP contribution is 2.45. The van der Waals surface area contributed by atoms with Crippen molar-refractivity contribution < 1.29 is 23.1 Å². The summed E-state index contributed by atoms with van der Waals surface area (Å²) in [6, 6.07) is 11.1. The Morgan fingerprint density at radius 3 is 2.22 bits per heavy atom. The first-order chi connectivity index (χ1) is 14.7. The minimum Gasteiger partial charge on any atom is -0.481 e. The van der Waals surface area contributed by atoms with Crippen molar-refractivity contribution in [2.45, 2.75) is 53.3 Å². The molecule has 0 bridgehead atoms. The Labute approximate surface area is 190 Å². The lowest BCUT2D eigenvalue weighted by atomic mass is 9.69. The molecule has 3 nitrogen and oxygen atoms in total.